The molecule has 0 aliphatic rings. The summed E-state index contributed by atoms with van der Waals surface area (Å²) in [5.41, 5.74) is 1.16. The molecule has 64 valence electrons. The molecule has 0 aliphatic carbocycles. The first kappa shape index (κ1) is 8.98. The van der Waals surface area contributed by atoms with Crippen LogP contribution in [0.25, 0.3) is 0 Å². The Morgan fingerprint density at radius 1 is 1.50 bits per heavy atom. The zero-order valence-corrected chi connectivity index (χ0v) is 7.70. The lowest BCUT2D eigenvalue weighted by Crippen LogP contribution is -1.95. The fourth-order valence-corrected chi connectivity index (χ4v) is 1.27. The summed E-state index contributed by atoms with van der Waals surface area (Å²) < 4.78 is 0. The average Bonchev–Trinajstić information content (AvgIpc) is 2.15. The van der Waals surface area contributed by atoms with E-state index in [0.29, 0.717) is 5.92 Å². The van der Waals surface area contributed by atoms with Gasteiger partial charge in [-0.2, -0.15) is 0 Å². The van der Waals surface area contributed by atoms with Crippen molar-refractivity contribution in [3.63, 3.8) is 0 Å². The second-order valence-corrected chi connectivity index (χ2v) is 2.80. The van der Waals surface area contributed by atoms with Crippen molar-refractivity contribution in [3.05, 3.63) is 42.2 Å². The minimum absolute atomic E-state index is 0.483. The van der Waals surface area contributed by atoms with E-state index in [1.807, 2.05) is 25.3 Å². The quantitative estimate of drug-likeness (QED) is 0.620. The number of rotatable bonds is 3. The van der Waals surface area contributed by atoms with Gasteiger partial charge in [0.15, 0.2) is 0 Å². The van der Waals surface area contributed by atoms with Crippen LogP contribution in [0.4, 0.5) is 0 Å². The predicted octanol–water partition coefficient (Wildman–Crippen LogP) is 3.15. The molecule has 0 saturated carbocycles. The summed E-state index contributed by atoms with van der Waals surface area (Å²) in [6.07, 6.45) is 7.24. The van der Waals surface area contributed by atoms with Gasteiger partial charge >= 0.3 is 0 Å². The van der Waals surface area contributed by atoms with Crippen molar-refractivity contribution in [1.82, 2.24) is 4.98 Å². The molecule has 0 bridgehead atoms. The van der Waals surface area contributed by atoms with E-state index in [0.717, 1.165) is 12.1 Å². The standard InChI is InChI=1S/C11H15N/c1-3-7-10(4-2)11-8-5-6-9-12-11/h3,5-10H,4H2,1-2H3/b7-3+. The molecule has 1 nitrogen and oxygen atoms in total. The van der Waals surface area contributed by atoms with E-state index < -0.39 is 0 Å². The third-order valence-corrected chi connectivity index (χ3v) is 1.93. The van der Waals surface area contributed by atoms with Crippen molar-refractivity contribution in [2.75, 3.05) is 0 Å². The van der Waals surface area contributed by atoms with Crippen molar-refractivity contribution < 1.29 is 0 Å². The summed E-state index contributed by atoms with van der Waals surface area (Å²) >= 11 is 0. The van der Waals surface area contributed by atoms with Crippen LogP contribution in [0.2, 0.25) is 0 Å². The van der Waals surface area contributed by atoms with E-state index in [9.17, 15) is 0 Å². The summed E-state index contributed by atoms with van der Waals surface area (Å²) in [5.74, 6) is 0.483. The van der Waals surface area contributed by atoms with Crippen LogP contribution >= 0.6 is 0 Å². The summed E-state index contributed by atoms with van der Waals surface area (Å²) in [4.78, 5) is 4.32. The molecule has 1 heteroatoms. The fraction of sp³-hybridized carbons (Fsp3) is 0.364. The molecule has 12 heavy (non-hydrogen) atoms. The Hall–Kier alpha value is -1.11. The predicted molar refractivity (Wildman–Crippen MR) is 52.1 cm³/mol. The van der Waals surface area contributed by atoms with E-state index in [-0.39, 0.29) is 0 Å². The van der Waals surface area contributed by atoms with Gasteiger partial charge in [-0.15, -0.1) is 0 Å². The van der Waals surface area contributed by atoms with E-state index >= 15 is 0 Å². The highest BCUT2D eigenvalue weighted by Crippen LogP contribution is 2.17. The third-order valence-electron chi connectivity index (χ3n) is 1.93. The highest BCUT2D eigenvalue weighted by molar-refractivity contribution is 5.14. The topological polar surface area (TPSA) is 12.9 Å². The van der Waals surface area contributed by atoms with Gasteiger partial charge in [0, 0.05) is 17.8 Å². The number of pyridine rings is 1. The summed E-state index contributed by atoms with van der Waals surface area (Å²) in [7, 11) is 0. The fourth-order valence-electron chi connectivity index (χ4n) is 1.27. The lowest BCUT2D eigenvalue weighted by Gasteiger charge is -2.07. The van der Waals surface area contributed by atoms with Gasteiger partial charge in [0.1, 0.15) is 0 Å². The number of hydrogen-bond acceptors (Lipinski definition) is 1. The summed E-state index contributed by atoms with van der Waals surface area (Å²) in [6, 6.07) is 6.06. The zero-order chi connectivity index (χ0) is 8.81. The van der Waals surface area contributed by atoms with Gasteiger partial charge in [0.05, 0.1) is 0 Å². The average molecular weight is 161 g/mol. The molecule has 0 aliphatic heterocycles. The van der Waals surface area contributed by atoms with Crippen molar-refractivity contribution >= 4 is 0 Å². The molecule has 1 aromatic rings. The van der Waals surface area contributed by atoms with Crippen LogP contribution in [0, 0.1) is 0 Å². The highest BCUT2D eigenvalue weighted by Gasteiger charge is 2.04. The summed E-state index contributed by atoms with van der Waals surface area (Å²) in [6.45, 7) is 4.23. The first-order valence-electron chi connectivity index (χ1n) is 4.42. The molecule has 0 aromatic carbocycles. The lowest BCUT2D eigenvalue weighted by atomic mass is 10.0. The first-order valence-corrected chi connectivity index (χ1v) is 4.42. The minimum atomic E-state index is 0.483. The van der Waals surface area contributed by atoms with Gasteiger partial charge in [0.25, 0.3) is 0 Å². The molecule has 0 saturated heterocycles. The minimum Gasteiger partial charge on any atom is -0.261 e. The maximum atomic E-state index is 4.32. The molecule has 1 heterocycles. The molecule has 0 radical (unpaired) electrons. The Morgan fingerprint density at radius 3 is 2.83 bits per heavy atom. The third kappa shape index (κ3) is 2.19. The van der Waals surface area contributed by atoms with Crippen molar-refractivity contribution in [2.24, 2.45) is 0 Å². The van der Waals surface area contributed by atoms with Gasteiger partial charge in [0.2, 0.25) is 0 Å². The second kappa shape index (κ2) is 4.70. The van der Waals surface area contributed by atoms with E-state index in [4.69, 9.17) is 0 Å². The molecule has 0 fully saturated rings. The van der Waals surface area contributed by atoms with Gasteiger partial charge in [-0.3, -0.25) is 4.98 Å². The Kier molecular flexibility index (Phi) is 3.52. The van der Waals surface area contributed by atoms with Crippen LogP contribution in [0.1, 0.15) is 31.9 Å². The normalized spacial score (nSPS) is 13.5. The SMILES string of the molecule is C/C=C/C(CC)c1ccccn1. The largest absolute Gasteiger partial charge is 0.261 e. The Labute approximate surface area is 74.2 Å². The Morgan fingerprint density at radius 2 is 2.33 bits per heavy atom. The Bertz CT molecular complexity index is 238. The molecule has 0 spiro atoms. The Balaban J connectivity index is 2.80. The number of hydrogen-bond donors (Lipinski definition) is 0. The lowest BCUT2D eigenvalue weighted by molar-refractivity contribution is 0.774. The van der Waals surface area contributed by atoms with E-state index in [2.05, 4.69) is 30.1 Å². The van der Waals surface area contributed by atoms with Crippen LogP contribution in [-0.2, 0) is 0 Å². The van der Waals surface area contributed by atoms with Crippen LogP contribution in [0.5, 0.6) is 0 Å². The molecule has 0 amide bonds. The van der Waals surface area contributed by atoms with Crippen molar-refractivity contribution in [3.8, 4) is 0 Å². The molecule has 0 N–H and O–H groups in total. The highest BCUT2D eigenvalue weighted by atomic mass is 14.7. The molecular weight excluding hydrogens is 146 g/mol. The maximum Gasteiger partial charge on any atom is 0.0472 e. The van der Waals surface area contributed by atoms with Crippen LogP contribution in [0.15, 0.2) is 36.5 Å². The second-order valence-electron chi connectivity index (χ2n) is 2.80. The van der Waals surface area contributed by atoms with Crippen LogP contribution in [0.3, 0.4) is 0 Å². The van der Waals surface area contributed by atoms with E-state index in [1.165, 1.54) is 0 Å². The maximum absolute atomic E-state index is 4.32. The molecule has 1 unspecified atom stereocenters. The number of aromatic nitrogens is 1. The number of allylic oxidation sites excluding steroid dienone is 2. The van der Waals surface area contributed by atoms with Gasteiger partial charge in [-0.25, -0.2) is 0 Å². The van der Waals surface area contributed by atoms with Gasteiger partial charge in [-0.1, -0.05) is 25.1 Å². The van der Waals surface area contributed by atoms with Crippen LogP contribution in [-0.4, -0.2) is 4.98 Å². The van der Waals surface area contributed by atoms with E-state index in [1.54, 1.807) is 0 Å². The van der Waals surface area contributed by atoms with Crippen molar-refractivity contribution in [1.29, 1.82) is 0 Å². The molecule has 1 atom stereocenters. The van der Waals surface area contributed by atoms with Gasteiger partial charge in [-0.05, 0) is 25.5 Å². The molecule has 1 rings (SSSR count). The molecule has 1 aromatic heterocycles. The smallest absolute Gasteiger partial charge is 0.0472 e. The van der Waals surface area contributed by atoms with Crippen molar-refractivity contribution in [2.45, 2.75) is 26.2 Å². The zero-order valence-electron chi connectivity index (χ0n) is 7.70. The first-order chi connectivity index (χ1) is 5.88. The summed E-state index contributed by atoms with van der Waals surface area (Å²) in [5, 5.41) is 0. The number of nitrogens with zero attached hydrogens (tertiary/aromatic N) is 1. The monoisotopic (exact) mass is 161 g/mol. The molecular formula is C11H15N. The van der Waals surface area contributed by atoms with Gasteiger partial charge < -0.3 is 0 Å². The van der Waals surface area contributed by atoms with Crippen LogP contribution < -0.4 is 0 Å².